The summed E-state index contributed by atoms with van der Waals surface area (Å²) in [5, 5.41) is 10.9. The molecule has 15 heteroatoms. The van der Waals surface area contributed by atoms with E-state index in [4.69, 9.17) is 43.0 Å². The van der Waals surface area contributed by atoms with E-state index >= 15 is 0 Å². The van der Waals surface area contributed by atoms with Crippen LogP contribution in [-0.4, -0.2) is 148 Å². The molecule has 0 aliphatic rings. The molecule has 2 N–H and O–H groups in total. The maximum atomic E-state index is 11.9. The van der Waals surface area contributed by atoms with E-state index in [1.165, 1.54) is 0 Å². The lowest BCUT2D eigenvalue weighted by atomic mass is 10.1. The molecule has 0 fully saturated rings. The van der Waals surface area contributed by atoms with E-state index in [9.17, 15) is 19.2 Å². The first-order chi connectivity index (χ1) is 21.0. The highest BCUT2D eigenvalue weighted by molar-refractivity contribution is 6.40. The second-order valence-corrected chi connectivity index (χ2v) is 8.35. The molecule has 43 heavy (non-hydrogen) atoms. The number of esters is 1. The van der Waals surface area contributed by atoms with Crippen molar-refractivity contribution in [1.82, 2.24) is 5.32 Å². The third-order valence-electron chi connectivity index (χ3n) is 4.94. The Morgan fingerprint density at radius 3 is 1.40 bits per heavy atom. The van der Waals surface area contributed by atoms with Gasteiger partial charge in [0.1, 0.15) is 19.8 Å². The van der Waals surface area contributed by atoms with Crippen molar-refractivity contribution < 1.29 is 66.9 Å². The highest BCUT2D eigenvalue weighted by atomic mass is 16.6. The Hall–Kier alpha value is -3.02. The molecule has 0 saturated carbocycles. The van der Waals surface area contributed by atoms with E-state index < -0.39 is 30.2 Å². The molecule has 0 spiro atoms. The van der Waals surface area contributed by atoms with Gasteiger partial charge in [0.2, 0.25) is 5.91 Å². The third kappa shape index (κ3) is 24.2. The average Bonchev–Trinajstić information content (AvgIpc) is 3.00. The van der Waals surface area contributed by atoms with Gasteiger partial charge in [-0.3, -0.25) is 9.59 Å². The summed E-state index contributed by atoms with van der Waals surface area (Å²) in [5.41, 5.74) is 0.285. The Balaban J connectivity index is 1.71. The quantitative estimate of drug-likeness (QED) is 0.0498. The molecule has 0 bridgehead atoms. The van der Waals surface area contributed by atoms with Crippen molar-refractivity contribution in [2.45, 2.75) is 0 Å². The summed E-state index contributed by atoms with van der Waals surface area (Å²) in [6, 6.07) is 8.21. The van der Waals surface area contributed by atoms with Crippen molar-refractivity contribution in [1.29, 1.82) is 0 Å². The monoisotopic (exact) mass is 617 g/mol. The van der Waals surface area contributed by atoms with E-state index in [1.54, 1.807) is 30.3 Å². The number of amides is 1. The van der Waals surface area contributed by atoms with Crippen LogP contribution in [0.5, 0.6) is 0 Å². The Morgan fingerprint density at radius 1 is 0.535 bits per heavy atom. The zero-order valence-corrected chi connectivity index (χ0v) is 24.4. The zero-order valence-electron chi connectivity index (χ0n) is 24.4. The zero-order chi connectivity index (χ0) is 31.2. The van der Waals surface area contributed by atoms with Crippen molar-refractivity contribution in [2.75, 3.05) is 119 Å². The summed E-state index contributed by atoms with van der Waals surface area (Å²) in [5.74, 6) is -3.13. The summed E-state index contributed by atoms with van der Waals surface area (Å²) in [7, 11) is 0. The molecule has 0 saturated heterocycles. The number of rotatable bonds is 30. The second-order valence-electron chi connectivity index (χ2n) is 8.35. The van der Waals surface area contributed by atoms with Crippen LogP contribution in [-0.2, 0) is 57.0 Å². The van der Waals surface area contributed by atoms with Gasteiger partial charge in [-0.05, 0) is 0 Å². The molecular formula is C28H43NO14. The average molecular weight is 618 g/mol. The number of hydrogen-bond donors (Lipinski definition) is 2. The van der Waals surface area contributed by atoms with Crippen molar-refractivity contribution in [3.05, 3.63) is 35.9 Å². The molecule has 1 aromatic carbocycles. The highest BCUT2D eigenvalue weighted by Crippen LogP contribution is 2.01. The highest BCUT2D eigenvalue weighted by Gasteiger charge is 2.17. The fourth-order valence-corrected chi connectivity index (χ4v) is 2.93. The van der Waals surface area contributed by atoms with Gasteiger partial charge in [0.25, 0.3) is 5.78 Å². The number of carboxylic acid groups (broad SMARTS) is 1. The number of nitrogens with one attached hydrogen (secondary N) is 1. The lowest BCUT2D eigenvalue weighted by molar-refractivity contribution is -0.143. The van der Waals surface area contributed by atoms with Gasteiger partial charge in [0.15, 0.2) is 0 Å². The number of ether oxygens (including phenoxy) is 9. The Bertz CT molecular complexity index is 870. The van der Waals surface area contributed by atoms with E-state index in [1.807, 2.05) is 0 Å². The van der Waals surface area contributed by atoms with Gasteiger partial charge in [-0.2, -0.15) is 0 Å². The van der Waals surface area contributed by atoms with E-state index in [-0.39, 0.29) is 31.9 Å². The van der Waals surface area contributed by atoms with Gasteiger partial charge < -0.3 is 53.1 Å². The Morgan fingerprint density at radius 2 is 0.953 bits per heavy atom. The number of ketones is 1. The number of benzene rings is 1. The number of carbonyl (C=O) groups is 4. The fourth-order valence-electron chi connectivity index (χ4n) is 2.93. The van der Waals surface area contributed by atoms with Crippen molar-refractivity contribution in [3.8, 4) is 0 Å². The summed E-state index contributed by atoms with van der Waals surface area (Å²) >= 11 is 0. The number of hydrogen-bond acceptors (Lipinski definition) is 13. The van der Waals surface area contributed by atoms with Crippen LogP contribution < -0.4 is 5.32 Å². The predicted octanol–water partition coefficient (Wildman–Crippen LogP) is -0.254. The molecule has 1 aromatic rings. The standard InChI is InChI=1S/C28H43NO14/c30-25(22-42-23-26(31)32)29-6-7-35-8-9-36-10-11-37-12-13-38-14-15-39-16-17-40-18-19-41-20-21-43-28(34)27(33)24-4-2-1-3-5-24/h1-5H,6-23H2,(H,29,30)(H,31,32). The second kappa shape index (κ2) is 27.8. The van der Waals surface area contributed by atoms with Gasteiger partial charge >= 0.3 is 11.9 Å². The van der Waals surface area contributed by atoms with Crippen molar-refractivity contribution in [2.24, 2.45) is 0 Å². The first kappa shape index (κ1) is 38.0. The molecule has 1 rings (SSSR count). The van der Waals surface area contributed by atoms with Crippen molar-refractivity contribution >= 4 is 23.6 Å². The SMILES string of the molecule is O=C(O)COCC(=O)NCCOCCOCCOCCOCCOCCOCCOCCOC(=O)C(=O)c1ccccc1. The Labute approximate surface area is 250 Å². The molecule has 0 unspecified atom stereocenters. The van der Waals surface area contributed by atoms with Gasteiger partial charge in [0.05, 0.1) is 92.5 Å². The molecule has 244 valence electrons. The number of carbonyl (C=O) groups excluding carboxylic acids is 3. The number of carboxylic acids is 1. The van der Waals surface area contributed by atoms with Crippen LogP contribution in [0.3, 0.4) is 0 Å². The topological polar surface area (TPSA) is 184 Å². The lowest BCUT2D eigenvalue weighted by Gasteiger charge is -2.09. The first-order valence-electron chi connectivity index (χ1n) is 13.9. The van der Waals surface area contributed by atoms with Gasteiger partial charge in [0, 0.05) is 12.1 Å². The maximum Gasteiger partial charge on any atom is 0.379 e. The minimum Gasteiger partial charge on any atom is -0.480 e. The smallest absolute Gasteiger partial charge is 0.379 e. The van der Waals surface area contributed by atoms with Crippen LogP contribution >= 0.6 is 0 Å². The van der Waals surface area contributed by atoms with E-state index in [2.05, 4.69) is 10.1 Å². The molecule has 0 atom stereocenters. The molecule has 15 nitrogen and oxygen atoms in total. The van der Waals surface area contributed by atoms with Crippen LogP contribution in [0, 0.1) is 0 Å². The fraction of sp³-hybridized carbons (Fsp3) is 0.643. The largest absolute Gasteiger partial charge is 0.480 e. The first-order valence-corrected chi connectivity index (χ1v) is 13.9. The molecule has 0 aromatic heterocycles. The molecule has 0 heterocycles. The number of aliphatic carboxylic acids is 1. The van der Waals surface area contributed by atoms with Crippen LogP contribution in [0.15, 0.2) is 30.3 Å². The molecule has 0 aliphatic heterocycles. The van der Waals surface area contributed by atoms with Crippen molar-refractivity contribution in [3.63, 3.8) is 0 Å². The third-order valence-corrected chi connectivity index (χ3v) is 4.94. The van der Waals surface area contributed by atoms with E-state index in [0.717, 1.165) is 0 Å². The number of Topliss-reactive ketones (excluding diaryl/α,β-unsaturated/α-hetero) is 1. The molecular weight excluding hydrogens is 574 g/mol. The summed E-state index contributed by atoms with van der Waals surface area (Å²) in [4.78, 5) is 45.2. The predicted molar refractivity (Wildman–Crippen MR) is 149 cm³/mol. The van der Waals surface area contributed by atoms with Crippen LogP contribution in [0.25, 0.3) is 0 Å². The summed E-state index contributed by atoms with van der Waals surface area (Å²) in [6.07, 6.45) is 0. The van der Waals surface area contributed by atoms with Gasteiger partial charge in [-0.15, -0.1) is 0 Å². The normalized spacial score (nSPS) is 10.9. The lowest BCUT2D eigenvalue weighted by Crippen LogP contribution is -2.31. The van der Waals surface area contributed by atoms with Gasteiger partial charge in [-0.25, -0.2) is 9.59 Å². The molecule has 0 radical (unpaired) electrons. The minimum absolute atomic E-state index is 0.0155. The summed E-state index contributed by atoms with van der Waals surface area (Å²) < 4.78 is 47.1. The van der Waals surface area contributed by atoms with E-state index in [0.29, 0.717) is 85.9 Å². The minimum atomic E-state index is -1.13. The van der Waals surface area contributed by atoms with Crippen LogP contribution in [0.1, 0.15) is 10.4 Å². The maximum absolute atomic E-state index is 11.9. The molecule has 1 amide bonds. The molecule has 0 aliphatic carbocycles. The summed E-state index contributed by atoms with van der Waals surface area (Å²) in [6.45, 7) is 4.74. The van der Waals surface area contributed by atoms with Crippen LogP contribution in [0.2, 0.25) is 0 Å². The Kier molecular flexibility index (Phi) is 24.6. The van der Waals surface area contributed by atoms with Gasteiger partial charge in [-0.1, -0.05) is 30.3 Å². The van der Waals surface area contributed by atoms with Crippen LogP contribution in [0.4, 0.5) is 0 Å².